The van der Waals surface area contributed by atoms with E-state index >= 15 is 0 Å². The van der Waals surface area contributed by atoms with Crippen molar-refractivity contribution in [2.75, 3.05) is 14.2 Å². The summed E-state index contributed by atoms with van der Waals surface area (Å²) in [5.41, 5.74) is 1.46. The molecule has 8 nitrogen and oxygen atoms in total. The summed E-state index contributed by atoms with van der Waals surface area (Å²) >= 11 is 6.16. The summed E-state index contributed by atoms with van der Waals surface area (Å²) in [6.07, 6.45) is 1.62. The second kappa shape index (κ2) is 9.39. The quantitative estimate of drug-likeness (QED) is 0.342. The largest absolute Gasteiger partial charge is 0.503 e. The maximum atomic E-state index is 13.8. The fraction of sp³-hybridized carbons (Fsp3) is 0.148. The molecular formula is C27H21ClN2O6. The summed E-state index contributed by atoms with van der Waals surface area (Å²) in [5.74, 6) is -1.02. The number of aliphatic hydroxyl groups is 1. The summed E-state index contributed by atoms with van der Waals surface area (Å²) in [7, 11) is 3.01. The zero-order valence-electron chi connectivity index (χ0n) is 19.4. The molecule has 1 aliphatic heterocycles. The highest BCUT2D eigenvalue weighted by atomic mass is 35.5. The third-order valence-corrected chi connectivity index (χ3v) is 6.25. The van der Waals surface area contributed by atoms with Crippen LogP contribution in [-0.4, -0.2) is 40.9 Å². The summed E-state index contributed by atoms with van der Waals surface area (Å²) < 4.78 is 16.4. The number of ketones is 1. The van der Waals surface area contributed by atoms with Crippen LogP contribution in [0.5, 0.6) is 11.5 Å². The lowest BCUT2D eigenvalue weighted by Gasteiger charge is -2.26. The van der Waals surface area contributed by atoms with Crippen LogP contribution in [-0.2, 0) is 11.3 Å². The fourth-order valence-electron chi connectivity index (χ4n) is 4.33. The first-order valence-electron chi connectivity index (χ1n) is 11.0. The maximum absolute atomic E-state index is 13.8. The van der Waals surface area contributed by atoms with Gasteiger partial charge in [-0.15, -0.1) is 0 Å². The number of nitrogens with zero attached hydrogens (tertiary/aromatic N) is 2. The molecule has 5 rings (SSSR count). The Bertz CT molecular complexity index is 1490. The standard InChI is InChI=1S/C27H21ClN2O6/c1-34-19-8-6-15(7-9-19)23-22(25(32)27(33)30(23)14-18-5-3-4-10-29-18)24(31)20-12-16-11-17(28)13-21(35-2)26(16)36-20/h3-13,23,32H,14H2,1-2H3. The topological polar surface area (TPSA) is 102 Å². The Hall–Kier alpha value is -4.30. The van der Waals surface area contributed by atoms with Crippen molar-refractivity contribution in [3.05, 3.63) is 100 Å². The van der Waals surface area contributed by atoms with Gasteiger partial charge in [0.15, 0.2) is 22.9 Å². The number of fused-ring (bicyclic) bond motifs is 1. The van der Waals surface area contributed by atoms with E-state index in [0.717, 1.165) is 0 Å². The van der Waals surface area contributed by atoms with Crippen LogP contribution in [0.25, 0.3) is 11.0 Å². The lowest BCUT2D eigenvalue weighted by Crippen LogP contribution is -2.31. The van der Waals surface area contributed by atoms with Crippen molar-refractivity contribution < 1.29 is 28.6 Å². The van der Waals surface area contributed by atoms with Gasteiger partial charge in [-0.05, 0) is 42.0 Å². The van der Waals surface area contributed by atoms with Crippen LogP contribution in [0.15, 0.2) is 82.6 Å². The molecule has 182 valence electrons. The molecule has 1 atom stereocenters. The van der Waals surface area contributed by atoms with Crippen LogP contribution in [0.1, 0.15) is 27.9 Å². The van der Waals surface area contributed by atoms with Crippen molar-refractivity contribution in [1.82, 2.24) is 9.88 Å². The number of aromatic nitrogens is 1. The normalized spacial score (nSPS) is 15.6. The smallest absolute Gasteiger partial charge is 0.290 e. The first kappa shape index (κ1) is 23.4. The molecule has 0 saturated heterocycles. The molecule has 9 heteroatoms. The Labute approximate surface area is 211 Å². The van der Waals surface area contributed by atoms with Crippen LogP contribution in [0.2, 0.25) is 5.02 Å². The Kier molecular flexibility index (Phi) is 6.12. The van der Waals surface area contributed by atoms with E-state index < -0.39 is 23.5 Å². The molecule has 4 aromatic rings. The zero-order valence-corrected chi connectivity index (χ0v) is 20.2. The number of hydrogen-bond donors (Lipinski definition) is 1. The lowest BCUT2D eigenvalue weighted by molar-refractivity contribution is -0.130. The predicted octanol–water partition coefficient (Wildman–Crippen LogP) is 5.28. The van der Waals surface area contributed by atoms with Gasteiger partial charge in [-0.25, -0.2) is 0 Å². The van der Waals surface area contributed by atoms with Gasteiger partial charge in [0.05, 0.1) is 38.1 Å². The van der Waals surface area contributed by atoms with Gasteiger partial charge in [0.2, 0.25) is 5.78 Å². The third kappa shape index (κ3) is 4.05. The van der Waals surface area contributed by atoms with Crippen molar-refractivity contribution in [2.24, 2.45) is 0 Å². The van der Waals surface area contributed by atoms with Gasteiger partial charge in [0, 0.05) is 22.7 Å². The Balaban J connectivity index is 1.61. The molecule has 0 saturated carbocycles. The molecule has 0 radical (unpaired) electrons. The zero-order chi connectivity index (χ0) is 25.4. The number of furan rings is 1. The molecule has 0 bridgehead atoms. The summed E-state index contributed by atoms with van der Waals surface area (Å²) in [6, 6.07) is 16.1. The number of carbonyl (C=O) groups excluding carboxylic acids is 2. The molecule has 1 aliphatic rings. The van der Waals surface area contributed by atoms with E-state index in [1.165, 1.54) is 18.1 Å². The SMILES string of the molecule is COc1ccc(C2C(C(=O)c3cc4cc(Cl)cc(OC)c4o3)=C(O)C(=O)N2Cc2ccccn2)cc1. The Morgan fingerprint density at radius 3 is 2.56 bits per heavy atom. The number of halogens is 1. The van der Waals surface area contributed by atoms with Crippen molar-refractivity contribution in [2.45, 2.75) is 12.6 Å². The monoisotopic (exact) mass is 504 g/mol. The first-order valence-corrected chi connectivity index (χ1v) is 11.4. The number of aliphatic hydroxyl groups excluding tert-OH is 1. The van der Waals surface area contributed by atoms with E-state index in [0.29, 0.717) is 38.7 Å². The summed E-state index contributed by atoms with van der Waals surface area (Å²) in [6.45, 7) is 0.0841. The molecule has 1 unspecified atom stereocenters. The lowest BCUT2D eigenvalue weighted by atomic mass is 9.95. The van der Waals surface area contributed by atoms with Gasteiger partial charge >= 0.3 is 0 Å². The molecule has 2 aromatic carbocycles. The second-order valence-corrected chi connectivity index (χ2v) is 8.59. The van der Waals surface area contributed by atoms with Gasteiger partial charge in [-0.1, -0.05) is 29.8 Å². The van der Waals surface area contributed by atoms with Crippen LogP contribution in [0.4, 0.5) is 0 Å². The molecular weight excluding hydrogens is 484 g/mol. The van der Waals surface area contributed by atoms with Crippen molar-refractivity contribution in [3.63, 3.8) is 0 Å². The summed E-state index contributed by atoms with van der Waals surface area (Å²) in [5, 5.41) is 11.9. The summed E-state index contributed by atoms with van der Waals surface area (Å²) in [4.78, 5) is 32.7. The minimum Gasteiger partial charge on any atom is -0.503 e. The number of carbonyl (C=O) groups is 2. The first-order chi connectivity index (χ1) is 17.4. The number of pyridine rings is 1. The van der Waals surface area contributed by atoms with E-state index in [9.17, 15) is 14.7 Å². The third-order valence-electron chi connectivity index (χ3n) is 6.03. The Morgan fingerprint density at radius 2 is 1.89 bits per heavy atom. The molecule has 36 heavy (non-hydrogen) atoms. The van der Waals surface area contributed by atoms with Gasteiger partial charge in [-0.2, -0.15) is 0 Å². The van der Waals surface area contributed by atoms with Crippen LogP contribution >= 0.6 is 11.6 Å². The minimum atomic E-state index is -0.878. The van der Waals surface area contributed by atoms with E-state index in [4.69, 9.17) is 25.5 Å². The van der Waals surface area contributed by atoms with Crippen molar-refractivity contribution >= 4 is 34.3 Å². The van der Waals surface area contributed by atoms with E-state index in [-0.39, 0.29) is 17.9 Å². The molecule has 0 spiro atoms. The van der Waals surface area contributed by atoms with E-state index in [2.05, 4.69) is 4.98 Å². The molecule has 1 amide bonds. The van der Waals surface area contributed by atoms with Crippen LogP contribution < -0.4 is 9.47 Å². The van der Waals surface area contributed by atoms with Gasteiger partial charge < -0.3 is 23.9 Å². The highest BCUT2D eigenvalue weighted by Crippen LogP contribution is 2.41. The highest BCUT2D eigenvalue weighted by molar-refractivity contribution is 6.31. The number of hydrogen-bond acceptors (Lipinski definition) is 7. The van der Waals surface area contributed by atoms with Gasteiger partial charge in [0.25, 0.3) is 5.91 Å². The number of rotatable bonds is 7. The van der Waals surface area contributed by atoms with Crippen LogP contribution in [0.3, 0.4) is 0 Å². The fourth-order valence-corrected chi connectivity index (χ4v) is 4.55. The molecule has 0 fully saturated rings. The average molecular weight is 505 g/mol. The van der Waals surface area contributed by atoms with E-state index in [1.54, 1.807) is 67.9 Å². The molecule has 1 N–H and O–H groups in total. The molecule has 0 aliphatic carbocycles. The highest BCUT2D eigenvalue weighted by Gasteiger charge is 2.44. The predicted molar refractivity (Wildman–Crippen MR) is 132 cm³/mol. The number of Topliss-reactive ketones (excluding diaryl/α,β-unsaturated/α-hetero) is 1. The molecule has 3 heterocycles. The number of benzene rings is 2. The Morgan fingerprint density at radius 1 is 1.11 bits per heavy atom. The minimum absolute atomic E-state index is 0.0573. The number of ether oxygens (including phenoxy) is 2. The second-order valence-electron chi connectivity index (χ2n) is 8.16. The molecule has 2 aromatic heterocycles. The number of amides is 1. The van der Waals surface area contributed by atoms with E-state index in [1.807, 2.05) is 0 Å². The maximum Gasteiger partial charge on any atom is 0.290 e. The van der Waals surface area contributed by atoms with Crippen molar-refractivity contribution in [3.8, 4) is 11.5 Å². The van der Waals surface area contributed by atoms with Crippen molar-refractivity contribution in [1.29, 1.82) is 0 Å². The average Bonchev–Trinajstić information content (AvgIpc) is 3.43. The van der Waals surface area contributed by atoms with Gasteiger partial charge in [-0.3, -0.25) is 14.6 Å². The van der Waals surface area contributed by atoms with Gasteiger partial charge in [0.1, 0.15) is 5.75 Å². The van der Waals surface area contributed by atoms with Crippen LogP contribution in [0, 0.1) is 0 Å². The number of methoxy groups -OCH3 is 2.